The number of nitrogen functional groups attached to an aromatic ring is 1. The predicted octanol–water partition coefficient (Wildman–Crippen LogP) is 2.55. The number of benzene rings is 2. The molecule has 1 amide bonds. The number of rotatable bonds is 5. The molecule has 0 heterocycles. The van der Waals surface area contributed by atoms with Crippen LogP contribution in [0.5, 0.6) is 5.75 Å². The summed E-state index contributed by atoms with van der Waals surface area (Å²) in [5.74, 6) is 0.486. The summed E-state index contributed by atoms with van der Waals surface area (Å²) in [6.07, 6.45) is 0.231. The molecule has 5 nitrogen and oxygen atoms in total. The SMILES string of the molecule is N#Cc1ccc(OCCC(=O)Nc2cccc(N)c2)cc1. The largest absolute Gasteiger partial charge is 0.493 e. The number of ether oxygens (including phenoxy) is 1. The summed E-state index contributed by atoms with van der Waals surface area (Å²) in [6, 6.07) is 15.8. The second kappa shape index (κ2) is 6.96. The summed E-state index contributed by atoms with van der Waals surface area (Å²) in [5, 5.41) is 11.4. The van der Waals surface area contributed by atoms with Gasteiger partial charge in [-0.2, -0.15) is 5.26 Å². The van der Waals surface area contributed by atoms with Gasteiger partial charge in [-0.1, -0.05) is 6.07 Å². The number of amides is 1. The summed E-state index contributed by atoms with van der Waals surface area (Å²) in [4.78, 5) is 11.7. The average molecular weight is 281 g/mol. The number of hydrogen-bond donors (Lipinski definition) is 2. The van der Waals surface area contributed by atoms with Gasteiger partial charge in [0.15, 0.2) is 0 Å². The Hall–Kier alpha value is -3.00. The Labute approximate surface area is 123 Å². The van der Waals surface area contributed by atoms with Gasteiger partial charge in [0.05, 0.1) is 24.7 Å². The van der Waals surface area contributed by atoms with E-state index in [2.05, 4.69) is 5.32 Å². The highest BCUT2D eigenvalue weighted by molar-refractivity contribution is 5.91. The Bertz CT molecular complexity index is 660. The van der Waals surface area contributed by atoms with Crippen LogP contribution >= 0.6 is 0 Å². The number of nitrogens with zero attached hydrogens (tertiary/aromatic N) is 1. The first kappa shape index (κ1) is 14.4. The zero-order chi connectivity index (χ0) is 15.1. The number of carbonyl (C=O) groups excluding carboxylic acids is 1. The molecule has 0 saturated carbocycles. The average Bonchev–Trinajstić information content (AvgIpc) is 2.48. The van der Waals surface area contributed by atoms with Gasteiger partial charge >= 0.3 is 0 Å². The van der Waals surface area contributed by atoms with E-state index in [9.17, 15) is 4.79 Å². The molecule has 2 aromatic rings. The molecule has 0 saturated heterocycles. The highest BCUT2D eigenvalue weighted by Gasteiger charge is 2.03. The monoisotopic (exact) mass is 281 g/mol. The van der Waals surface area contributed by atoms with Crippen molar-refractivity contribution in [3.05, 3.63) is 54.1 Å². The number of anilines is 2. The van der Waals surface area contributed by atoms with E-state index in [4.69, 9.17) is 15.7 Å². The molecule has 0 aliphatic rings. The highest BCUT2D eigenvalue weighted by Crippen LogP contribution is 2.13. The van der Waals surface area contributed by atoms with Gasteiger partial charge in [0, 0.05) is 11.4 Å². The van der Waals surface area contributed by atoms with Crippen LogP contribution in [0.25, 0.3) is 0 Å². The maximum atomic E-state index is 11.7. The Balaban J connectivity index is 1.77. The molecule has 5 heteroatoms. The third-order valence-corrected chi connectivity index (χ3v) is 2.75. The van der Waals surface area contributed by atoms with Crippen molar-refractivity contribution in [2.24, 2.45) is 0 Å². The van der Waals surface area contributed by atoms with Crippen LogP contribution < -0.4 is 15.8 Å². The van der Waals surface area contributed by atoms with Gasteiger partial charge in [0.1, 0.15) is 5.75 Å². The Morgan fingerprint density at radius 1 is 1.24 bits per heavy atom. The first-order valence-electron chi connectivity index (χ1n) is 6.46. The van der Waals surface area contributed by atoms with E-state index in [0.29, 0.717) is 22.7 Å². The molecule has 3 N–H and O–H groups in total. The van der Waals surface area contributed by atoms with Gasteiger partial charge < -0.3 is 15.8 Å². The number of carbonyl (C=O) groups is 1. The lowest BCUT2D eigenvalue weighted by Crippen LogP contribution is -2.15. The van der Waals surface area contributed by atoms with Crippen LogP contribution in [0.2, 0.25) is 0 Å². The smallest absolute Gasteiger partial charge is 0.227 e. The molecule has 0 radical (unpaired) electrons. The number of hydrogen-bond acceptors (Lipinski definition) is 4. The molecule has 106 valence electrons. The second-order valence-corrected chi connectivity index (χ2v) is 4.41. The lowest BCUT2D eigenvalue weighted by Gasteiger charge is -2.07. The summed E-state index contributed by atoms with van der Waals surface area (Å²) in [7, 11) is 0. The maximum Gasteiger partial charge on any atom is 0.227 e. The van der Waals surface area contributed by atoms with Crippen molar-refractivity contribution in [2.75, 3.05) is 17.7 Å². The zero-order valence-corrected chi connectivity index (χ0v) is 11.4. The van der Waals surface area contributed by atoms with E-state index in [0.717, 1.165) is 0 Å². The van der Waals surface area contributed by atoms with E-state index in [1.54, 1.807) is 48.5 Å². The topological polar surface area (TPSA) is 88.1 Å². The minimum absolute atomic E-state index is 0.144. The molecular weight excluding hydrogens is 266 g/mol. The summed E-state index contributed by atoms with van der Waals surface area (Å²) in [6.45, 7) is 0.264. The number of nitrogens with one attached hydrogen (secondary N) is 1. The van der Waals surface area contributed by atoms with E-state index < -0.39 is 0 Å². The van der Waals surface area contributed by atoms with Crippen LogP contribution in [0, 0.1) is 11.3 Å². The van der Waals surface area contributed by atoms with Crippen LogP contribution in [0.4, 0.5) is 11.4 Å². The van der Waals surface area contributed by atoms with Gasteiger partial charge in [-0.25, -0.2) is 0 Å². The lowest BCUT2D eigenvalue weighted by atomic mass is 10.2. The van der Waals surface area contributed by atoms with Crippen LogP contribution in [-0.4, -0.2) is 12.5 Å². The molecule has 0 fully saturated rings. The maximum absolute atomic E-state index is 11.7. The fraction of sp³-hybridized carbons (Fsp3) is 0.125. The molecule has 21 heavy (non-hydrogen) atoms. The quantitative estimate of drug-likeness (QED) is 0.824. The van der Waals surface area contributed by atoms with Crippen molar-refractivity contribution < 1.29 is 9.53 Å². The van der Waals surface area contributed by atoms with Crippen molar-refractivity contribution in [3.8, 4) is 11.8 Å². The molecule has 0 bridgehead atoms. The van der Waals surface area contributed by atoms with Gasteiger partial charge in [0.25, 0.3) is 0 Å². The highest BCUT2D eigenvalue weighted by atomic mass is 16.5. The Morgan fingerprint density at radius 3 is 2.67 bits per heavy atom. The third-order valence-electron chi connectivity index (χ3n) is 2.75. The van der Waals surface area contributed by atoms with Gasteiger partial charge in [-0.3, -0.25) is 4.79 Å². The van der Waals surface area contributed by atoms with Crippen molar-refractivity contribution >= 4 is 17.3 Å². The molecule has 0 aliphatic carbocycles. The summed E-state index contributed by atoms with van der Waals surface area (Å²) in [5.41, 5.74) is 7.47. The van der Waals surface area contributed by atoms with Gasteiger partial charge in [-0.05, 0) is 42.5 Å². The van der Waals surface area contributed by atoms with Crippen LogP contribution in [0.3, 0.4) is 0 Å². The Kier molecular flexibility index (Phi) is 4.78. The predicted molar refractivity (Wildman–Crippen MR) is 80.8 cm³/mol. The summed E-state index contributed by atoms with van der Waals surface area (Å²) < 4.78 is 5.44. The lowest BCUT2D eigenvalue weighted by molar-refractivity contribution is -0.116. The first-order valence-corrected chi connectivity index (χ1v) is 6.46. The third kappa shape index (κ3) is 4.55. The minimum atomic E-state index is -0.144. The van der Waals surface area contributed by atoms with E-state index >= 15 is 0 Å². The Morgan fingerprint density at radius 2 is 2.00 bits per heavy atom. The van der Waals surface area contributed by atoms with Crippen LogP contribution in [-0.2, 0) is 4.79 Å². The van der Waals surface area contributed by atoms with E-state index in [1.807, 2.05) is 6.07 Å². The molecule has 2 aromatic carbocycles. The molecule has 0 atom stereocenters. The molecule has 0 spiro atoms. The first-order chi connectivity index (χ1) is 10.2. The van der Waals surface area contributed by atoms with Crippen molar-refractivity contribution in [1.29, 1.82) is 5.26 Å². The minimum Gasteiger partial charge on any atom is -0.493 e. The van der Waals surface area contributed by atoms with Crippen molar-refractivity contribution in [3.63, 3.8) is 0 Å². The fourth-order valence-electron chi connectivity index (χ4n) is 1.73. The fourth-order valence-corrected chi connectivity index (χ4v) is 1.73. The number of nitriles is 1. The number of nitrogens with two attached hydrogens (primary N) is 1. The van der Waals surface area contributed by atoms with E-state index in [-0.39, 0.29) is 18.9 Å². The van der Waals surface area contributed by atoms with Gasteiger partial charge in [0.2, 0.25) is 5.91 Å². The van der Waals surface area contributed by atoms with Gasteiger partial charge in [-0.15, -0.1) is 0 Å². The normalized spacial score (nSPS) is 9.67. The standard InChI is InChI=1S/C16H15N3O2/c17-11-12-4-6-15(7-5-12)21-9-8-16(20)19-14-3-1-2-13(18)10-14/h1-7,10H,8-9,18H2,(H,19,20). The molecule has 0 unspecified atom stereocenters. The van der Waals surface area contributed by atoms with Crippen LogP contribution in [0.1, 0.15) is 12.0 Å². The van der Waals surface area contributed by atoms with Crippen molar-refractivity contribution in [1.82, 2.24) is 0 Å². The molecule has 0 aliphatic heterocycles. The zero-order valence-electron chi connectivity index (χ0n) is 11.4. The molecule has 0 aromatic heterocycles. The van der Waals surface area contributed by atoms with Crippen LogP contribution in [0.15, 0.2) is 48.5 Å². The summed E-state index contributed by atoms with van der Waals surface area (Å²) >= 11 is 0. The molecule has 2 rings (SSSR count). The second-order valence-electron chi connectivity index (χ2n) is 4.41. The molecular formula is C16H15N3O2. The van der Waals surface area contributed by atoms with Crippen molar-refractivity contribution in [2.45, 2.75) is 6.42 Å². The van der Waals surface area contributed by atoms with E-state index in [1.165, 1.54) is 0 Å².